The Bertz CT molecular complexity index is 423. The van der Waals surface area contributed by atoms with Crippen LogP contribution in [0.25, 0.3) is 0 Å². The average molecular weight is 248 g/mol. The molecule has 1 heterocycles. The van der Waals surface area contributed by atoms with Gasteiger partial charge in [-0.2, -0.15) is 10.2 Å². The van der Waals surface area contributed by atoms with Gasteiger partial charge in [-0.3, -0.25) is 5.43 Å². The summed E-state index contributed by atoms with van der Waals surface area (Å²) in [6.07, 6.45) is 2.21. The first-order valence-corrected chi connectivity index (χ1v) is 6.00. The lowest BCUT2D eigenvalue weighted by atomic mass is 10.2. The summed E-state index contributed by atoms with van der Waals surface area (Å²) < 4.78 is 0. The summed E-state index contributed by atoms with van der Waals surface area (Å²) in [5.41, 5.74) is 3.42. The SMILES string of the molecule is Cc1cnc(NN)nc1N(CCC#N)CC(C)C. The Morgan fingerprint density at radius 3 is 2.83 bits per heavy atom. The fourth-order valence-electron chi connectivity index (χ4n) is 1.73. The fraction of sp³-hybridized carbons (Fsp3) is 0.583. The van der Waals surface area contributed by atoms with Crippen molar-refractivity contribution < 1.29 is 0 Å². The molecule has 3 N–H and O–H groups in total. The molecule has 0 amide bonds. The van der Waals surface area contributed by atoms with Crippen molar-refractivity contribution in [3.8, 4) is 6.07 Å². The molecule has 0 unspecified atom stereocenters. The second-order valence-corrected chi connectivity index (χ2v) is 4.59. The first kappa shape index (κ1) is 14.2. The number of hydrazine groups is 1. The molecule has 1 aromatic rings. The number of rotatable bonds is 6. The lowest BCUT2D eigenvalue weighted by Crippen LogP contribution is -2.30. The highest BCUT2D eigenvalue weighted by atomic mass is 15.3. The van der Waals surface area contributed by atoms with E-state index in [0.29, 0.717) is 24.8 Å². The molecule has 0 aliphatic carbocycles. The summed E-state index contributed by atoms with van der Waals surface area (Å²) in [6, 6.07) is 2.16. The second kappa shape index (κ2) is 6.77. The van der Waals surface area contributed by atoms with Crippen molar-refractivity contribution in [3.05, 3.63) is 11.8 Å². The normalized spacial score (nSPS) is 10.2. The van der Waals surface area contributed by atoms with Gasteiger partial charge in [0.25, 0.3) is 0 Å². The molecule has 1 aromatic heterocycles. The third kappa shape index (κ3) is 3.86. The van der Waals surface area contributed by atoms with Crippen LogP contribution in [-0.2, 0) is 0 Å². The molecule has 6 heteroatoms. The Kier molecular flexibility index (Phi) is 5.33. The number of nitrogens with zero attached hydrogens (tertiary/aromatic N) is 4. The van der Waals surface area contributed by atoms with Crippen LogP contribution in [0.4, 0.5) is 11.8 Å². The number of aromatic nitrogens is 2. The lowest BCUT2D eigenvalue weighted by molar-refractivity contribution is 0.606. The quantitative estimate of drug-likeness (QED) is 0.585. The summed E-state index contributed by atoms with van der Waals surface area (Å²) in [6.45, 7) is 7.74. The summed E-state index contributed by atoms with van der Waals surface area (Å²) in [4.78, 5) is 10.5. The molecule has 0 bridgehead atoms. The molecule has 0 spiro atoms. The van der Waals surface area contributed by atoms with Crippen molar-refractivity contribution >= 4 is 11.8 Å². The Balaban J connectivity index is 2.99. The molecule has 0 aliphatic rings. The minimum atomic E-state index is 0.390. The molecule has 0 radical (unpaired) electrons. The molecule has 0 saturated carbocycles. The van der Waals surface area contributed by atoms with Gasteiger partial charge in [-0.15, -0.1) is 0 Å². The number of nitrogens with two attached hydrogens (primary N) is 1. The van der Waals surface area contributed by atoms with E-state index in [0.717, 1.165) is 17.9 Å². The van der Waals surface area contributed by atoms with Crippen molar-refractivity contribution in [3.63, 3.8) is 0 Å². The van der Waals surface area contributed by atoms with Gasteiger partial charge in [0, 0.05) is 24.8 Å². The van der Waals surface area contributed by atoms with Crippen LogP contribution in [0.5, 0.6) is 0 Å². The predicted octanol–water partition coefficient (Wildman–Crippen LogP) is 1.45. The Morgan fingerprint density at radius 2 is 2.28 bits per heavy atom. The maximum atomic E-state index is 8.72. The number of aryl methyl sites for hydroxylation is 1. The smallest absolute Gasteiger partial charge is 0.239 e. The molecule has 0 aromatic carbocycles. The number of anilines is 2. The number of nitrogen functional groups attached to an aromatic ring is 1. The third-order valence-corrected chi connectivity index (χ3v) is 2.45. The second-order valence-electron chi connectivity index (χ2n) is 4.59. The van der Waals surface area contributed by atoms with E-state index in [-0.39, 0.29) is 0 Å². The van der Waals surface area contributed by atoms with E-state index in [1.165, 1.54) is 0 Å². The highest BCUT2D eigenvalue weighted by Gasteiger charge is 2.13. The molecule has 6 nitrogen and oxygen atoms in total. The van der Waals surface area contributed by atoms with Gasteiger partial charge in [0.05, 0.1) is 12.5 Å². The zero-order chi connectivity index (χ0) is 13.5. The third-order valence-electron chi connectivity index (χ3n) is 2.45. The largest absolute Gasteiger partial charge is 0.355 e. The highest BCUT2D eigenvalue weighted by Crippen LogP contribution is 2.19. The predicted molar refractivity (Wildman–Crippen MR) is 71.9 cm³/mol. The van der Waals surface area contributed by atoms with Crippen LogP contribution >= 0.6 is 0 Å². The van der Waals surface area contributed by atoms with Gasteiger partial charge in [-0.1, -0.05) is 13.8 Å². The van der Waals surface area contributed by atoms with Gasteiger partial charge in [-0.25, -0.2) is 10.8 Å². The van der Waals surface area contributed by atoms with Crippen molar-refractivity contribution in [2.24, 2.45) is 11.8 Å². The minimum absolute atomic E-state index is 0.390. The molecular formula is C12H20N6. The zero-order valence-corrected chi connectivity index (χ0v) is 11.1. The van der Waals surface area contributed by atoms with E-state index >= 15 is 0 Å². The van der Waals surface area contributed by atoms with Crippen LogP contribution in [0.2, 0.25) is 0 Å². The van der Waals surface area contributed by atoms with Gasteiger partial charge in [-0.05, 0) is 12.8 Å². The first-order chi connectivity index (χ1) is 8.58. The van der Waals surface area contributed by atoms with Crippen molar-refractivity contribution in [1.82, 2.24) is 9.97 Å². The summed E-state index contributed by atoms with van der Waals surface area (Å²) >= 11 is 0. The first-order valence-electron chi connectivity index (χ1n) is 6.00. The van der Waals surface area contributed by atoms with Gasteiger partial charge < -0.3 is 4.90 Å². The number of hydrogen-bond donors (Lipinski definition) is 2. The molecule has 0 atom stereocenters. The van der Waals surface area contributed by atoms with E-state index in [9.17, 15) is 0 Å². The zero-order valence-electron chi connectivity index (χ0n) is 11.1. The van der Waals surface area contributed by atoms with Crippen molar-refractivity contribution in [2.75, 3.05) is 23.4 Å². The monoisotopic (exact) mass is 248 g/mol. The Hall–Kier alpha value is -1.87. The topological polar surface area (TPSA) is 90.9 Å². The minimum Gasteiger partial charge on any atom is -0.355 e. The van der Waals surface area contributed by atoms with Gasteiger partial charge >= 0.3 is 0 Å². The fourth-order valence-corrected chi connectivity index (χ4v) is 1.73. The summed E-state index contributed by atoms with van der Waals surface area (Å²) in [5.74, 6) is 7.04. The molecular weight excluding hydrogens is 228 g/mol. The molecule has 98 valence electrons. The van der Waals surface area contributed by atoms with E-state index in [1.807, 2.05) is 6.92 Å². The van der Waals surface area contributed by atoms with Crippen molar-refractivity contribution in [2.45, 2.75) is 27.2 Å². The van der Waals surface area contributed by atoms with Gasteiger partial charge in [0.15, 0.2) is 0 Å². The van der Waals surface area contributed by atoms with Crippen LogP contribution < -0.4 is 16.2 Å². The van der Waals surface area contributed by atoms with E-state index in [4.69, 9.17) is 11.1 Å². The van der Waals surface area contributed by atoms with Crippen LogP contribution in [0.1, 0.15) is 25.8 Å². The van der Waals surface area contributed by atoms with Gasteiger partial charge in [0.1, 0.15) is 5.82 Å². The molecule has 0 saturated heterocycles. The molecule has 0 fully saturated rings. The highest BCUT2D eigenvalue weighted by molar-refractivity contribution is 5.48. The van der Waals surface area contributed by atoms with Crippen LogP contribution in [0, 0.1) is 24.2 Å². The van der Waals surface area contributed by atoms with Crippen molar-refractivity contribution in [1.29, 1.82) is 5.26 Å². The van der Waals surface area contributed by atoms with E-state index in [2.05, 4.69) is 40.2 Å². The van der Waals surface area contributed by atoms with E-state index < -0.39 is 0 Å². The van der Waals surface area contributed by atoms with Gasteiger partial charge in [0.2, 0.25) is 5.95 Å². The number of hydrogen-bond acceptors (Lipinski definition) is 6. The van der Waals surface area contributed by atoms with Crippen LogP contribution in [0.15, 0.2) is 6.20 Å². The Labute approximate surface area is 108 Å². The average Bonchev–Trinajstić information content (AvgIpc) is 2.35. The maximum Gasteiger partial charge on any atom is 0.239 e. The van der Waals surface area contributed by atoms with Crippen LogP contribution in [-0.4, -0.2) is 23.1 Å². The van der Waals surface area contributed by atoms with E-state index in [1.54, 1.807) is 6.20 Å². The summed E-state index contributed by atoms with van der Waals surface area (Å²) in [7, 11) is 0. The lowest BCUT2D eigenvalue weighted by Gasteiger charge is -2.26. The number of nitriles is 1. The maximum absolute atomic E-state index is 8.72. The standard InChI is InChI=1S/C12H20N6/c1-9(2)8-18(6-4-5-13)11-10(3)7-15-12(16-11)17-14/h7,9H,4,6,8,14H2,1-3H3,(H,15,16,17). The number of nitrogens with one attached hydrogen (secondary N) is 1. The molecule has 18 heavy (non-hydrogen) atoms. The van der Waals surface area contributed by atoms with Crippen LogP contribution in [0.3, 0.4) is 0 Å². The Morgan fingerprint density at radius 1 is 1.56 bits per heavy atom. The summed E-state index contributed by atoms with van der Waals surface area (Å²) in [5, 5.41) is 8.72. The molecule has 1 rings (SSSR count). The molecule has 0 aliphatic heterocycles.